The summed E-state index contributed by atoms with van der Waals surface area (Å²) < 4.78 is 43.2. The molecule has 6 nitrogen and oxygen atoms in total. The van der Waals surface area contributed by atoms with Gasteiger partial charge >= 0.3 is 0 Å². The first-order valence-corrected chi connectivity index (χ1v) is 12.3. The molecule has 4 rings (SSSR count). The zero-order valence-electron chi connectivity index (χ0n) is 15.3. The Morgan fingerprint density at radius 3 is 2.63 bits per heavy atom. The number of carbonyl (C=O) groups is 1. The predicted molar refractivity (Wildman–Crippen MR) is 117 cm³/mol. The lowest BCUT2D eigenvalue weighted by molar-refractivity contribution is -0.119. The topological polar surface area (TPSA) is 76.0 Å². The summed E-state index contributed by atoms with van der Waals surface area (Å²) in [6.07, 6.45) is 0. The Labute approximate surface area is 186 Å². The van der Waals surface area contributed by atoms with Crippen molar-refractivity contribution in [2.45, 2.75) is 11.3 Å². The first kappa shape index (κ1) is 21.4. The lowest BCUT2D eigenvalue weighted by Gasteiger charge is -2.24. The lowest BCUT2D eigenvalue weighted by atomic mass is 10.2. The van der Waals surface area contributed by atoms with Crippen molar-refractivity contribution in [3.05, 3.63) is 58.3 Å². The molecule has 1 amide bonds. The van der Waals surface area contributed by atoms with E-state index in [4.69, 9.17) is 27.9 Å². The van der Waals surface area contributed by atoms with Gasteiger partial charge in [-0.2, -0.15) is 4.99 Å². The Morgan fingerprint density at radius 1 is 1.20 bits per heavy atom. The van der Waals surface area contributed by atoms with Crippen LogP contribution in [0.3, 0.4) is 0 Å². The first-order valence-electron chi connectivity index (χ1n) is 8.83. The zero-order valence-corrected chi connectivity index (χ0v) is 18.4. The summed E-state index contributed by atoms with van der Waals surface area (Å²) in [5, 5.41) is 0.514. The number of sulfone groups is 1. The summed E-state index contributed by atoms with van der Waals surface area (Å²) in [7, 11) is -3.21. The van der Waals surface area contributed by atoms with Crippen LogP contribution in [0.5, 0.6) is 5.75 Å². The van der Waals surface area contributed by atoms with Gasteiger partial charge < -0.3 is 9.64 Å². The minimum Gasteiger partial charge on any atom is -0.484 e. The highest BCUT2D eigenvalue weighted by Crippen LogP contribution is 2.41. The van der Waals surface area contributed by atoms with Crippen molar-refractivity contribution >= 4 is 61.6 Å². The molecule has 2 aliphatic heterocycles. The molecule has 11 heteroatoms. The molecule has 2 heterocycles. The summed E-state index contributed by atoms with van der Waals surface area (Å²) in [4.78, 5) is 18.2. The number of hydrogen-bond donors (Lipinski definition) is 0. The maximum Gasteiger partial charge on any atom is 0.285 e. The molecule has 2 saturated heterocycles. The molecule has 158 valence electrons. The Hall–Kier alpha value is -1.81. The van der Waals surface area contributed by atoms with Crippen LogP contribution in [-0.4, -0.2) is 48.9 Å². The Bertz CT molecular complexity index is 1130. The van der Waals surface area contributed by atoms with Crippen LogP contribution in [0.15, 0.2) is 47.5 Å². The molecule has 0 unspecified atom stereocenters. The minimum atomic E-state index is -3.21. The van der Waals surface area contributed by atoms with E-state index in [1.165, 1.54) is 30.0 Å². The molecule has 0 radical (unpaired) electrons. The largest absolute Gasteiger partial charge is 0.484 e. The highest BCUT2D eigenvalue weighted by Gasteiger charge is 2.49. The summed E-state index contributed by atoms with van der Waals surface area (Å²) in [6.45, 7) is -0.294. The number of rotatable bonds is 4. The highest BCUT2D eigenvalue weighted by atomic mass is 35.5. The summed E-state index contributed by atoms with van der Waals surface area (Å²) >= 11 is 12.9. The van der Waals surface area contributed by atoms with Crippen molar-refractivity contribution < 1.29 is 22.3 Å². The van der Waals surface area contributed by atoms with Crippen molar-refractivity contribution in [2.75, 3.05) is 23.0 Å². The van der Waals surface area contributed by atoms with Crippen molar-refractivity contribution in [2.24, 2.45) is 4.99 Å². The van der Waals surface area contributed by atoms with Gasteiger partial charge in [0.05, 0.1) is 22.6 Å². The zero-order chi connectivity index (χ0) is 21.5. The molecule has 0 aliphatic carbocycles. The minimum absolute atomic E-state index is 0.0117. The number of aliphatic imine (C=N–C) groups is 1. The number of amidine groups is 1. The molecule has 0 spiro atoms. The van der Waals surface area contributed by atoms with E-state index in [-0.39, 0.29) is 28.4 Å². The van der Waals surface area contributed by atoms with Gasteiger partial charge in [-0.15, -0.1) is 0 Å². The van der Waals surface area contributed by atoms with E-state index < -0.39 is 27.6 Å². The van der Waals surface area contributed by atoms with Crippen LogP contribution in [0.2, 0.25) is 10.0 Å². The fourth-order valence-corrected chi connectivity index (χ4v) is 7.55. The molecule has 30 heavy (non-hydrogen) atoms. The second-order valence-electron chi connectivity index (χ2n) is 6.80. The van der Waals surface area contributed by atoms with Crippen molar-refractivity contribution in [1.82, 2.24) is 0 Å². The van der Waals surface area contributed by atoms with E-state index >= 15 is 0 Å². The molecule has 0 saturated carbocycles. The quantitative estimate of drug-likeness (QED) is 0.650. The average Bonchev–Trinajstić information content (AvgIpc) is 3.14. The number of fused-ring (bicyclic) bond motifs is 1. The van der Waals surface area contributed by atoms with E-state index in [0.29, 0.717) is 21.6 Å². The van der Waals surface area contributed by atoms with E-state index in [0.717, 1.165) is 0 Å². The number of thioether (sulfide) groups is 1. The van der Waals surface area contributed by atoms with Crippen LogP contribution < -0.4 is 9.64 Å². The number of nitrogens with zero attached hydrogens (tertiary/aromatic N) is 2. The summed E-state index contributed by atoms with van der Waals surface area (Å²) in [5.41, 5.74) is 0.476. The van der Waals surface area contributed by atoms with E-state index in [1.807, 2.05) is 0 Å². The second-order valence-corrected chi connectivity index (χ2v) is 11.0. The molecule has 2 aliphatic rings. The average molecular weight is 489 g/mol. The molecule has 0 bridgehead atoms. The smallest absolute Gasteiger partial charge is 0.285 e. The van der Waals surface area contributed by atoms with Gasteiger partial charge in [-0.3, -0.25) is 4.79 Å². The van der Waals surface area contributed by atoms with Crippen molar-refractivity contribution in [3.63, 3.8) is 0 Å². The molecule has 0 aromatic heterocycles. The van der Waals surface area contributed by atoms with E-state index in [9.17, 15) is 17.6 Å². The van der Waals surface area contributed by atoms with Crippen LogP contribution in [0.1, 0.15) is 0 Å². The van der Waals surface area contributed by atoms with Crippen LogP contribution in [0, 0.1) is 5.82 Å². The first-order chi connectivity index (χ1) is 14.2. The third-order valence-electron chi connectivity index (χ3n) is 4.64. The predicted octanol–water partition coefficient (Wildman–Crippen LogP) is 3.81. The Kier molecular flexibility index (Phi) is 5.98. The lowest BCUT2D eigenvalue weighted by Crippen LogP contribution is -2.37. The molecule has 2 atom stereocenters. The van der Waals surface area contributed by atoms with Gasteiger partial charge in [-0.1, -0.05) is 35.0 Å². The van der Waals surface area contributed by atoms with Crippen molar-refractivity contribution in [3.8, 4) is 5.75 Å². The maximum atomic E-state index is 13.6. The van der Waals surface area contributed by atoms with Crippen LogP contribution >= 0.6 is 35.0 Å². The number of carbonyl (C=O) groups excluding carboxylic acids is 1. The number of anilines is 1. The van der Waals surface area contributed by atoms with Gasteiger partial charge in [0.2, 0.25) is 0 Å². The molecule has 2 aromatic carbocycles. The normalized spacial score (nSPS) is 23.6. The fourth-order valence-electron chi connectivity index (χ4n) is 3.32. The third-order valence-corrected chi connectivity index (χ3v) is 8.40. The molecule has 0 N–H and O–H groups in total. The summed E-state index contributed by atoms with van der Waals surface area (Å²) in [6, 6.07) is 10.2. The number of hydrogen-bond acceptors (Lipinski definition) is 5. The van der Waals surface area contributed by atoms with Crippen LogP contribution in [0.4, 0.5) is 10.1 Å². The summed E-state index contributed by atoms with van der Waals surface area (Å²) in [5.74, 6) is -0.740. The number of ether oxygens (including phenoxy) is 1. The monoisotopic (exact) mass is 488 g/mol. The molecule has 2 aromatic rings. The van der Waals surface area contributed by atoms with Crippen molar-refractivity contribution in [1.29, 1.82) is 0 Å². The number of amides is 1. The van der Waals surface area contributed by atoms with Gasteiger partial charge in [0.1, 0.15) is 11.6 Å². The SMILES string of the molecule is O=C(COc1ccc(Cl)cc1)N=C1S[C@@H]2CS(=O)(=O)C[C@@H]2N1c1ccc(F)c(Cl)c1. The maximum absolute atomic E-state index is 13.6. The Balaban J connectivity index is 1.57. The fraction of sp³-hybridized carbons (Fsp3) is 0.263. The van der Waals surface area contributed by atoms with Gasteiger partial charge in [0.15, 0.2) is 21.6 Å². The second kappa shape index (κ2) is 8.37. The van der Waals surface area contributed by atoms with Gasteiger partial charge in [-0.05, 0) is 42.5 Å². The number of halogens is 3. The standard InChI is InChI=1S/C19H15Cl2FN2O4S2/c20-11-1-4-13(5-2-11)28-8-18(25)23-19-24(12-3-6-15(22)14(21)7-12)16-9-30(26,27)10-17(16)29-19/h1-7,16-17H,8-10H2/t16-,17+/m0/s1. The highest BCUT2D eigenvalue weighted by molar-refractivity contribution is 8.16. The third kappa shape index (κ3) is 4.59. The molecular formula is C19H15Cl2FN2O4S2. The van der Waals surface area contributed by atoms with E-state index in [2.05, 4.69) is 4.99 Å². The van der Waals surface area contributed by atoms with Gasteiger partial charge in [0, 0.05) is 16.0 Å². The Morgan fingerprint density at radius 2 is 1.93 bits per heavy atom. The van der Waals surface area contributed by atoms with E-state index in [1.54, 1.807) is 29.2 Å². The molecule has 2 fully saturated rings. The number of benzene rings is 2. The molecular weight excluding hydrogens is 474 g/mol. The van der Waals surface area contributed by atoms with Gasteiger partial charge in [-0.25, -0.2) is 12.8 Å². The van der Waals surface area contributed by atoms with Crippen LogP contribution in [-0.2, 0) is 14.6 Å². The van der Waals surface area contributed by atoms with Gasteiger partial charge in [0.25, 0.3) is 5.91 Å². The van der Waals surface area contributed by atoms with Crippen LogP contribution in [0.25, 0.3) is 0 Å².